The summed E-state index contributed by atoms with van der Waals surface area (Å²) in [6, 6.07) is -0.397. The highest BCUT2D eigenvalue weighted by Crippen LogP contribution is 2.24. The van der Waals surface area contributed by atoms with E-state index in [4.69, 9.17) is 27.9 Å². The van der Waals surface area contributed by atoms with Crippen LogP contribution in [0.2, 0.25) is 10.2 Å². The molecule has 0 saturated heterocycles. The minimum atomic E-state index is -0.397. The van der Waals surface area contributed by atoms with Crippen LogP contribution in [0.25, 0.3) is 0 Å². The molecule has 0 unspecified atom stereocenters. The number of carbonyl (C=O) groups excluding carboxylic acids is 1. The number of amides is 2. The lowest BCUT2D eigenvalue weighted by Gasteiger charge is -2.10. The first kappa shape index (κ1) is 16.7. The van der Waals surface area contributed by atoms with E-state index < -0.39 is 6.03 Å². The maximum absolute atomic E-state index is 11.5. The Morgan fingerprint density at radius 3 is 2.90 bits per heavy atom. The molecule has 1 heterocycles. The summed E-state index contributed by atoms with van der Waals surface area (Å²) in [7, 11) is 0. The second-order valence-electron chi connectivity index (χ2n) is 3.80. The van der Waals surface area contributed by atoms with Crippen molar-refractivity contribution in [2.75, 3.05) is 25.2 Å². The van der Waals surface area contributed by atoms with Crippen molar-refractivity contribution in [1.29, 1.82) is 0 Å². The van der Waals surface area contributed by atoms with E-state index in [1.807, 2.05) is 6.92 Å². The van der Waals surface area contributed by atoms with Gasteiger partial charge in [0.2, 0.25) is 0 Å². The van der Waals surface area contributed by atoms with Crippen LogP contribution in [0.4, 0.5) is 10.6 Å². The Labute approximate surface area is 127 Å². The summed E-state index contributed by atoms with van der Waals surface area (Å²) in [5.41, 5.74) is 4.95. The van der Waals surface area contributed by atoms with Crippen molar-refractivity contribution in [2.45, 2.75) is 19.8 Å². The lowest BCUT2D eigenvalue weighted by Crippen LogP contribution is -2.39. The van der Waals surface area contributed by atoms with Crippen LogP contribution >= 0.6 is 23.2 Å². The first-order valence-electron chi connectivity index (χ1n) is 6.18. The third-order valence-electron chi connectivity index (χ3n) is 2.14. The molecular weight excluding hydrogens is 305 g/mol. The van der Waals surface area contributed by atoms with E-state index in [2.05, 4.69) is 26.1 Å². The van der Waals surface area contributed by atoms with Gasteiger partial charge in [-0.15, -0.1) is 0 Å². The number of hydrogen-bond donors (Lipinski definition) is 3. The molecule has 0 fully saturated rings. The molecule has 112 valence electrons. The molecule has 9 heteroatoms. The Kier molecular flexibility index (Phi) is 8.01. The molecule has 0 aromatic carbocycles. The van der Waals surface area contributed by atoms with Gasteiger partial charge in [-0.25, -0.2) is 14.8 Å². The molecule has 0 bridgehead atoms. The minimum Gasteiger partial charge on any atom is -0.381 e. The fourth-order valence-electron chi connectivity index (χ4n) is 1.22. The van der Waals surface area contributed by atoms with Gasteiger partial charge >= 0.3 is 6.03 Å². The Bertz CT molecular complexity index is 433. The molecule has 7 nitrogen and oxygen atoms in total. The van der Waals surface area contributed by atoms with Crippen molar-refractivity contribution in [3.63, 3.8) is 0 Å². The molecule has 0 aliphatic carbocycles. The van der Waals surface area contributed by atoms with Gasteiger partial charge in [-0.3, -0.25) is 10.9 Å². The van der Waals surface area contributed by atoms with E-state index in [0.717, 1.165) is 19.4 Å². The molecule has 0 saturated carbocycles. The summed E-state index contributed by atoms with van der Waals surface area (Å²) in [5, 5.41) is 2.90. The Morgan fingerprint density at radius 2 is 2.15 bits per heavy atom. The van der Waals surface area contributed by atoms with Crippen LogP contribution in [0.5, 0.6) is 0 Å². The largest absolute Gasteiger partial charge is 0.381 e. The first-order valence-corrected chi connectivity index (χ1v) is 6.94. The smallest absolute Gasteiger partial charge is 0.333 e. The second kappa shape index (κ2) is 9.57. The van der Waals surface area contributed by atoms with E-state index in [9.17, 15) is 4.79 Å². The summed E-state index contributed by atoms with van der Waals surface area (Å²) in [5.74, 6) is 0.230. The third-order valence-corrected chi connectivity index (χ3v) is 2.88. The van der Waals surface area contributed by atoms with Crippen LogP contribution in [-0.4, -0.2) is 35.8 Å². The summed E-state index contributed by atoms with van der Waals surface area (Å²) in [4.78, 5) is 19.0. The van der Waals surface area contributed by atoms with E-state index in [-0.39, 0.29) is 16.0 Å². The van der Waals surface area contributed by atoms with Gasteiger partial charge in [0.25, 0.3) is 0 Å². The molecule has 0 spiro atoms. The van der Waals surface area contributed by atoms with Crippen molar-refractivity contribution in [2.24, 2.45) is 0 Å². The number of aromatic nitrogens is 2. The Hall–Kier alpha value is -1.31. The molecular formula is C11H17Cl2N5O2. The number of nitrogens with one attached hydrogen (secondary N) is 3. The molecule has 20 heavy (non-hydrogen) atoms. The number of rotatable bonds is 8. The van der Waals surface area contributed by atoms with Crippen molar-refractivity contribution in [3.05, 3.63) is 16.5 Å². The summed E-state index contributed by atoms with van der Waals surface area (Å²) in [6.07, 6.45) is 2.97. The van der Waals surface area contributed by atoms with Crippen LogP contribution in [0.15, 0.2) is 6.33 Å². The Morgan fingerprint density at radius 1 is 1.35 bits per heavy atom. The van der Waals surface area contributed by atoms with Crippen LogP contribution in [0.1, 0.15) is 19.8 Å². The van der Waals surface area contributed by atoms with Gasteiger partial charge in [-0.05, 0) is 12.8 Å². The number of nitrogens with zero attached hydrogens (tertiary/aromatic N) is 2. The van der Waals surface area contributed by atoms with Crippen LogP contribution in [0, 0.1) is 0 Å². The third kappa shape index (κ3) is 6.23. The van der Waals surface area contributed by atoms with E-state index in [1.165, 1.54) is 6.33 Å². The molecule has 3 N–H and O–H groups in total. The highest BCUT2D eigenvalue weighted by molar-refractivity contribution is 6.42. The molecule has 0 atom stereocenters. The normalized spacial score (nSPS) is 10.2. The zero-order valence-corrected chi connectivity index (χ0v) is 12.6. The number of hydrazine groups is 1. The van der Waals surface area contributed by atoms with Crippen molar-refractivity contribution in [1.82, 2.24) is 20.7 Å². The van der Waals surface area contributed by atoms with Crippen LogP contribution in [-0.2, 0) is 4.74 Å². The monoisotopic (exact) mass is 321 g/mol. The zero-order valence-electron chi connectivity index (χ0n) is 11.1. The van der Waals surface area contributed by atoms with Gasteiger partial charge in [-0.1, -0.05) is 30.1 Å². The molecule has 2 amide bonds. The number of anilines is 1. The number of ether oxygens (including phenoxy) is 1. The molecule has 1 aromatic heterocycles. The van der Waals surface area contributed by atoms with Gasteiger partial charge in [0.05, 0.1) is 0 Å². The van der Waals surface area contributed by atoms with Crippen LogP contribution < -0.4 is 16.2 Å². The summed E-state index contributed by atoms with van der Waals surface area (Å²) >= 11 is 11.6. The average molecular weight is 322 g/mol. The second-order valence-corrected chi connectivity index (χ2v) is 4.53. The fourth-order valence-corrected chi connectivity index (χ4v) is 1.50. The number of hydrogen-bond acceptors (Lipinski definition) is 5. The van der Waals surface area contributed by atoms with Crippen molar-refractivity contribution in [3.8, 4) is 0 Å². The van der Waals surface area contributed by atoms with E-state index >= 15 is 0 Å². The van der Waals surface area contributed by atoms with Gasteiger partial charge < -0.3 is 10.1 Å². The highest BCUT2D eigenvalue weighted by Gasteiger charge is 2.07. The summed E-state index contributed by atoms with van der Waals surface area (Å²) < 4.78 is 5.29. The predicted molar refractivity (Wildman–Crippen MR) is 77.9 cm³/mol. The number of carbonyl (C=O) groups is 1. The molecule has 1 aromatic rings. The van der Waals surface area contributed by atoms with Crippen LogP contribution in [0.3, 0.4) is 0 Å². The molecule has 1 rings (SSSR count). The van der Waals surface area contributed by atoms with Crippen molar-refractivity contribution >= 4 is 35.1 Å². The Balaban J connectivity index is 2.18. The zero-order chi connectivity index (χ0) is 14.8. The quantitative estimate of drug-likeness (QED) is 0.388. The topological polar surface area (TPSA) is 88.2 Å². The average Bonchev–Trinajstić information content (AvgIpc) is 2.44. The standard InChI is InChI=1S/C11H17Cl2N5O2/c1-2-5-20-6-3-4-14-11(19)18-17-10-8(12)9(13)15-7-16-10/h7H,2-6H2,1H3,(H2,14,18,19)(H,15,16,17). The highest BCUT2D eigenvalue weighted by atomic mass is 35.5. The van der Waals surface area contributed by atoms with Gasteiger partial charge in [0.1, 0.15) is 11.3 Å². The van der Waals surface area contributed by atoms with E-state index in [1.54, 1.807) is 0 Å². The van der Waals surface area contributed by atoms with Gasteiger partial charge in [0, 0.05) is 19.8 Å². The first-order chi connectivity index (χ1) is 9.65. The minimum absolute atomic E-state index is 0.111. The molecule has 0 aliphatic heterocycles. The number of halogens is 2. The SMILES string of the molecule is CCCOCCCNC(=O)NNc1ncnc(Cl)c1Cl. The lowest BCUT2D eigenvalue weighted by atomic mass is 10.4. The maximum Gasteiger partial charge on any atom is 0.333 e. The molecule has 0 aliphatic rings. The van der Waals surface area contributed by atoms with Crippen molar-refractivity contribution < 1.29 is 9.53 Å². The number of urea groups is 1. The van der Waals surface area contributed by atoms with Gasteiger partial charge in [-0.2, -0.15) is 0 Å². The fraction of sp³-hybridized carbons (Fsp3) is 0.545. The lowest BCUT2D eigenvalue weighted by molar-refractivity contribution is 0.132. The predicted octanol–water partition coefficient (Wildman–Crippen LogP) is 2.23. The van der Waals surface area contributed by atoms with E-state index in [0.29, 0.717) is 13.2 Å². The van der Waals surface area contributed by atoms with Gasteiger partial charge in [0.15, 0.2) is 11.0 Å². The maximum atomic E-state index is 11.5. The molecule has 0 radical (unpaired) electrons. The summed E-state index contributed by atoms with van der Waals surface area (Å²) in [6.45, 7) is 3.91.